The van der Waals surface area contributed by atoms with Crippen molar-refractivity contribution in [3.05, 3.63) is 35.5 Å². The number of aliphatic carboxylic acids is 1. The number of para-hydroxylation sites is 1. The first-order valence-corrected chi connectivity index (χ1v) is 12.8. The first-order valence-electron chi connectivity index (χ1n) is 11.4. The Morgan fingerprint density at radius 2 is 1.97 bits per heavy atom. The molecular weight excluding hydrogens is 456 g/mol. The van der Waals surface area contributed by atoms with Gasteiger partial charge in [-0.15, -0.1) is 0 Å². The van der Waals surface area contributed by atoms with Gasteiger partial charge in [0, 0.05) is 17.4 Å². The smallest absolute Gasteiger partial charge is 0.328 e. The zero-order valence-electron chi connectivity index (χ0n) is 19.8. The van der Waals surface area contributed by atoms with Crippen molar-refractivity contribution >= 4 is 46.5 Å². The van der Waals surface area contributed by atoms with Crippen LogP contribution in [0.3, 0.4) is 0 Å². The van der Waals surface area contributed by atoms with Crippen LogP contribution in [0.5, 0.6) is 0 Å². The van der Waals surface area contributed by atoms with E-state index in [0.29, 0.717) is 24.4 Å². The Balaban J connectivity index is 1.70. The minimum atomic E-state index is -1.26. The molecule has 0 aliphatic carbocycles. The van der Waals surface area contributed by atoms with Crippen molar-refractivity contribution in [2.24, 2.45) is 5.92 Å². The molecule has 182 valence electrons. The maximum atomic E-state index is 13.9. The lowest BCUT2D eigenvalue weighted by Gasteiger charge is -2.36. The Morgan fingerprint density at radius 3 is 2.62 bits per heavy atom. The predicted molar refractivity (Wildman–Crippen MR) is 129 cm³/mol. The van der Waals surface area contributed by atoms with Crippen LogP contribution in [-0.4, -0.2) is 74.3 Å². The van der Waals surface area contributed by atoms with E-state index < -0.39 is 47.4 Å². The van der Waals surface area contributed by atoms with Gasteiger partial charge in [-0.25, -0.2) is 14.5 Å². The summed E-state index contributed by atoms with van der Waals surface area (Å²) in [6, 6.07) is 5.04. The van der Waals surface area contributed by atoms with E-state index in [-0.39, 0.29) is 6.42 Å². The number of aromatic nitrogens is 1. The summed E-state index contributed by atoms with van der Waals surface area (Å²) in [7, 11) is 0. The lowest BCUT2D eigenvalue weighted by molar-refractivity contribution is -0.144. The summed E-state index contributed by atoms with van der Waals surface area (Å²) >= 11 is 1.48. The van der Waals surface area contributed by atoms with E-state index in [1.165, 1.54) is 16.7 Å². The van der Waals surface area contributed by atoms with Gasteiger partial charge in [-0.3, -0.25) is 9.59 Å². The molecule has 4 amide bonds. The van der Waals surface area contributed by atoms with E-state index in [9.17, 15) is 24.3 Å². The van der Waals surface area contributed by atoms with E-state index in [1.807, 2.05) is 30.5 Å². The number of H-pyrrole nitrogens is 1. The maximum absolute atomic E-state index is 13.9. The van der Waals surface area contributed by atoms with Gasteiger partial charge in [0.1, 0.15) is 12.1 Å². The minimum absolute atomic E-state index is 0.247. The van der Waals surface area contributed by atoms with Crippen LogP contribution in [0.15, 0.2) is 24.3 Å². The standard InChI is InChI=1S/C24H30N4O5S/c1-13(2)18(20(29)26-17(21(30)31)10-12-34-4)28-22(32)24(3)19-15(9-11-27(24)23(28)33)14-7-5-6-8-16(14)25-19/h5-8,13,17-18,25H,9-12H2,1-4H3,(H,26,29)(H,30,31). The normalized spacial score (nSPS) is 21.6. The number of hydrogen-bond acceptors (Lipinski definition) is 5. The van der Waals surface area contributed by atoms with E-state index in [2.05, 4.69) is 10.3 Å². The van der Waals surface area contributed by atoms with Gasteiger partial charge >= 0.3 is 12.0 Å². The number of carboxylic acid groups (broad SMARTS) is 1. The Hall–Kier alpha value is -3.01. The molecule has 0 spiro atoms. The zero-order valence-corrected chi connectivity index (χ0v) is 20.6. The number of nitrogens with zero attached hydrogens (tertiary/aromatic N) is 2. The largest absolute Gasteiger partial charge is 0.480 e. The molecule has 0 radical (unpaired) electrons. The molecule has 1 aromatic heterocycles. The number of nitrogens with one attached hydrogen (secondary N) is 2. The van der Waals surface area contributed by atoms with Crippen molar-refractivity contribution in [3.8, 4) is 0 Å². The van der Waals surface area contributed by atoms with E-state index in [1.54, 1.807) is 20.8 Å². The Kier molecular flexibility index (Phi) is 6.37. The van der Waals surface area contributed by atoms with Gasteiger partial charge in [0.2, 0.25) is 5.91 Å². The number of aromatic amines is 1. The molecule has 3 heterocycles. The highest BCUT2D eigenvalue weighted by Crippen LogP contribution is 2.45. The highest BCUT2D eigenvalue weighted by Gasteiger charge is 2.61. The molecule has 0 bridgehead atoms. The molecule has 2 aromatic rings. The topological polar surface area (TPSA) is 123 Å². The second kappa shape index (κ2) is 8.98. The lowest BCUT2D eigenvalue weighted by atomic mass is 9.86. The SMILES string of the molecule is CSCCC(NC(=O)C(C(C)C)N1C(=O)N2CCc3c([nH]c4ccccc34)C2(C)C1=O)C(=O)O. The molecule has 10 heteroatoms. The summed E-state index contributed by atoms with van der Waals surface area (Å²) < 4.78 is 0. The molecule has 3 unspecified atom stereocenters. The van der Waals surface area contributed by atoms with Crippen molar-refractivity contribution in [1.29, 1.82) is 0 Å². The van der Waals surface area contributed by atoms with E-state index in [4.69, 9.17) is 0 Å². The summed E-state index contributed by atoms with van der Waals surface area (Å²) in [5, 5.41) is 13.1. The number of hydrogen-bond donors (Lipinski definition) is 3. The predicted octanol–water partition coefficient (Wildman–Crippen LogP) is 2.55. The molecule has 1 saturated heterocycles. The number of thioether (sulfide) groups is 1. The molecular formula is C24H30N4O5S. The molecule has 4 rings (SSSR count). The Morgan fingerprint density at radius 1 is 1.26 bits per heavy atom. The van der Waals surface area contributed by atoms with Crippen LogP contribution in [0.4, 0.5) is 4.79 Å². The van der Waals surface area contributed by atoms with Crippen LogP contribution >= 0.6 is 11.8 Å². The molecule has 0 saturated carbocycles. The summed E-state index contributed by atoms with van der Waals surface area (Å²) in [6.07, 6.45) is 2.70. The third-order valence-corrected chi connectivity index (χ3v) is 7.55. The number of benzene rings is 1. The third-order valence-electron chi connectivity index (χ3n) is 6.90. The number of rotatable bonds is 8. The van der Waals surface area contributed by atoms with Crippen molar-refractivity contribution in [1.82, 2.24) is 20.1 Å². The average molecular weight is 487 g/mol. The molecule has 3 N–H and O–H groups in total. The van der Waals surface area contributed by atoms with Gasteiger partial charge in [-0.1, -0.05) is 32.0 Å². The minimum Gasteiger partial charge on any atom is -0.480 e. The van der Waals surface area contributed by atoms with Crippen LogP contribution in [0, 0.1) is 5.92 Å². The summed E-state index contributed by atoms with van der Waals surface area (Å²) in [4.78, 5) is 58.3. The van der Waals surface area contributed by atoms with Crippen LogP contribution in [0.2, 0.25) is 0 Å². The van der Waals surface area contributed by atoms with E-state index >= 15 is 0 Å². The number of urea groups is 1. The number of carbonyl (C=O) groups excluding carboxylic acids is 3. The van der Waals surface area contributed by atoms with Crippen molar-refractivity contribution in [2.45, 2.75) is 51.2 Å². The monoisotopic (exact) mass is 486 g/mol. The van der Waals surface area contributed by atoms with Crippen LogP contribution in [0.25, 0.3) is 10.9 Å². The fourth-order valence-electron chi connectivity index (χ4n) is 5.13. The van der Waals surface area contributed by atoms with Gasteiger partial charge in [0.25, 0.3) is 5.91 Å². The number of carbonyl (C=O) groups is 4. The zero-order chi connectivity index (χ0) is 24.8. The van der Waals surface area contributed by atoms with Gasteiger partial charge in [0.05, 0.1) is 5.69 Å². The highest BCUT2D eigenvalue weighted by molar-refractivity contribution is 7.98. The van der Waals surface area contributed by atoms with Gasteiger partial charge in [0.15, 0.2) is 5.54 Å². The third kappa shape index (κ3) is 3.64. The Labute approximate surface area is 202 Å². The van der Waals surface area contributed by atoms with Gasteiger partial charge < -0.3 is 20.3 Å². The van der Waals surface area contributed by atoms with Gasteiger partial charge in [-0.05, 0) is 49.3 Å². The highest BCUT2D eigenvalue weighted by atomic mass is 32.2. The molecule has 34 heavy (non-hydrogen) atoms. The molecule has 1 aromatic carbocycles. The fraction of sp³-hybridized carbons (Fsp3) is 0.500. The lowest BCUT2D eigenvalue weighted by Crippen LogP contribution is -2.56. The van der Waals surface area contributed by atoms with Crippen LogP contribution in [0.1, 0.15) is 38.4 Å². The quantitative estimate of drug-likeness (QED) is 0.493. The number of fused-ring (bicyclic) bond motifs is 5. The van der Waals surface area contributed by atoms with Crippen molar-refractivity contribution < 1.29 is 24.3 Å². The molecule has 9 nitrogen and oxygen atoms in total. The van der Waals surface area contributed by atoms with Crippen LogP contribution < -0.4 is 5.32 Å². The molecule has 2 aliphatic rings. The maximum Gasteiger partial charge on any atom is 0.328 e. The van der Waals surface area contributed by atoms with Crippen molar-refractivity contribution in [2.75, 3.05) is 18.6 Å². The number of carboxylic acids is 1. The average Bonchev–Trinajstić information content (AvgIpc) is 3.26. The van der Waals surface area contributed by atoms with Crippen LogP contribution in [-0.2, 0) is 26.3 Å². The van der Waals surface area contributed by atoms with Crippen molar-refractivity contribution in [3.63, 3.8) is 0 Å². The first kappa shape index (κ1) is 24.1. The summed E-state index contributed by atoms with van der Waals surface area (Å²) in [5.41, 5.74) is 1.31. The van der Waals surface area contributed by atoms with E-state index in [0.717, 1.165) is 21.4 Å². The fourth-order valence-corrected chi connectivity index (χ4v) is 5.60. The Bertz CT molecular complexity index is 1160. The molecule has 2 aliphatic heterocycles. The first-order chi connectivity index (χ1) is 16.1. The number of imide groups is 1. The molecule has 1 fully saturated rings. The second-order valence-electron chi connectivity index (χ2n) is 9.33. The summed E-state index contributed by atoms with van der Waals surface area (Å²) in [6.45, 7) is 5.56. The second-order valence-corrected chi connectivity index (χ2v) is 10.3. The van der Waals surface area contributed by atoms with Gasteiger partial charge in [-0.2, -0.15) is 11.8 Å². The summed E-state index contributed by atoms with van der Waals surface area (Å²) in [5.74, 6) is -2.10. The number of amides is 4. The molecule has 3 atom stereocenters.